The smallest absolute Gasteiger partial charge is 0.113 e. The molecule has 0 aliphatic carbocycles. The van der Waals surface area contributed by atoms with Crippen LogP contribution in [0.25, 0.3) is 0 Å². The van der Waals surface area contributed by atoms with Gasteiger partial charge in [-0.25, -0.2) is 0 Å². The molecule has 1 rings (SSSR count). The van der Waals surface area contributed by atoms with Crippen LogP contribution in [0.3, 0.4) is 0 Å². The van der Waals surface area contributed by atoms with Crippen molar-refractivity contribution in [3.8, 4) is 0 Å². The number of aryl methyl sites for hydroxylation is 1. The summed E-state index contributed by atoms with van der Waals surface area (Å²) >= 11 is 0. The Balaban J connectivity index is 2.56. The van der Waals surface area contributed by atoms with Gasteiger partial charge in [0.15, 0.2) is 0 Å². The van der Waals surface area contributed by atoms with Gasteiger partial charge in [-0.15, -0.1) is 0 Å². The number of pyridine rings is 1. The zero-order chi connectivity index (χ0) is 13.4. The fourth-order valence-electron chi connectivity index (χ4n) is 1.85. The molecule has 4 nitrogen and oxygen atoms in total. The van der Waals surface area contributed by atoms with Gasteiger partial charge < -0.3 is 15.9 Å². The first-order valence-corrected chi connectivity index (χ1v) is 6.69. The van der Waals surface area contributed by atoms with Gasteiger partial charge in [-0.1, -0.05) is 32.3 Å². The number of rotatable bonds is 8. The third kappa shape index (κ3) is 4.72. The number of hydrogen-bond donors (Lipinski definition) is 3. The fraction of sp³-hybridized carbons (Fsp3) is 0.643. The van der Waals surface area contributed by atoms with Crippen LogP contribution in [0.15, 0.2) is 18.2 Å². The van der Waals surface area contributed by atoms with Crippen molar-refractivity contribution < 1.29 is 10.2 Å². The standard InChI is InChI=1S/C14H24N2O2/c1-2-3-4-5-7-11-8-6-9-13(16-11)14(18)12(15)10-17/h6,8-9,12,14,17-18H,2-5,7,10,15H2,1H3. The van der Waals surface area contributed by atoms with Gasteiger partial charge in [0.1, 0.15) is 6.10 Å². The molecule has 0 fully saturated rings. The van der Waals surface area contributed by atoms with Crippen molar-refractivity contribution in [1.29, 1.82) is 0 Å². The van der Waals surface area contributed by atoms with Crippen molar-refractivity contribution in [3.05, 3.63) is 29.6 Å². The minimum Gasteiger partial charge on any atom is -0.395 e. The van der Waals surface area contributed by atoms with Gasteiger partial charge in [0.25, 0.3) is 0 Å². The molecular formula is C14H24N2O2. The highest BCUT2D eigenvalue weighted by Gasteiger charge is 2.17. The highest BCUT2D eigenvalue weighted by atomic mass is 16.3. The van der Waals surface area contributed by atoms with Gasteiger partial charge in [0.2, 0.25) is 0 Å². The Labute approximate surface area is 109 Å². The number of unbranched alkanes of at least 4 members (excludes halogenated alkanes) is 3. The summed E-state index contributed by atoms with van der Waals surface area (Å²) in [6.45, 7) is 1.94. The predicted molar refractivity (Wildman–Crippen MR) is 72.1 cm³/mol. The molecule has 1 heterocycles. The molecule has 1 aromatic heterocycles. The van der Waals surface area contributed by atoms with Gasteiger partial charge in [-0.05, 0) is 25.0 Å². The number of aliphatic hydroxyl groups excluding tert-OH is 2. The molecule has 0 spiro atoms. The maximum atomic E-state index is 9.88. The van der Waals surface area contributed by atoms with Crippen LogP contribution in [-0.4, -0.2) is 27.8 Å². The van der Waals surface area contributed by atoms with E-state index in [-0.39, 0.29) is 6.61 Å². The third-order valence-corrected chi connectivity index (χ3v) is 3.03. The first kappa shape index (κ1) is 15.1. The molecule has 0 aliphatic heterocycles. The second-order valence-electron chi connectivity index (χ2n) is 4.66. The van der Waals surface area contributed by atoms with E-state index in [4.69, 9.17) is 10.8 Å². The van der Waals surface area contributed by atoms with Crippen LogP contribution in [0.5, 0.6) is 0 Å². The number of aliphatic hydroxyl groups is 2. The van der Waals surface area contributed by atoms with Crippen LogP contribution >= 0.6 is 0 Å². The van der Waals surface area contributed by atoms with Crippen molar-refractivity contribution in [2.75, 3.05) is 6.61 Å². The zero-order valence-electron chi connectivity index (χ0n) is 11.0. The van der Waals surface area contributed by atoms with E-state index in [0.29, 0.717) is 5.69 Å². The number of hydrogen-bond acceptors (Lipinski definition) is 4. The van der Waals surface area contributed by atoms with Crippen molar-refractivity contribution in [1.82, 2.24) is 4.98 Å². The highest BCUT2D eigenvalue weighted by Crippen LogP contribution is 2.14. The molecule has 102 valence electrons. The van der Waals surface area contributed by atoms with E-state index in [0.717, 1.165) is 18.5 Å². The Morgan fingerprint density at radius 1 is 1.28 bits per heavy atom. The van der Waals surface area contributed by atoms with E-state index in [1.54, 1.807) is 6.07 Å². The molecule has 0 bridgehead atoms. The van der Waals surface area contributed by atoms with Crippen LogP contribution in [0.1, 0.15) is 50.1 Å². The van der Waals surface area contributed by atoms with E-state index in [1.807, 2.05) is 12.1 Å². The summed E-state index contributed by atoms with van der Waals surface area (Å²) in [6.07, 6.45) is 4.82. The Bertz CT molecular complexity index is 344. The lowest BCUT2D eigenvalue weighted by Crippen LogP contribution is -2.32. The number of nitrogens with zero attached hydrogens (tertiary/aromatic N) is 1. The molecule has 0 amide bonds. The molecule has 0 radical (unpaired) electrons. The van der Waals surface area contributed by atoms with Crippen molar-refractivity contribution in [2.45, 2.75) is 51.2 Å². The topological polar surface area (TPSA) is 79.4 Å². The minimum atomic E-state index is -0.898. The van der Waals surface area contributed by atoms with Crippen molar-refractivity contribution in [2.24, 2.45) is 5.73 Å². The fourth-order valence-corrected chi connectivity index (χ4v) is 1.85. The normalized spacial score (nSPS) is 14.4. The average Bonchev–Trinajstić information content (AvgIpc) is 2.42. The van der Waals surface area contributed by atoms with E-state index in [2.05, 4.69) is 11.9 Å². The van der Waals surface area contributed by atoms with Crippen molar-refractivity contribution >= 4 is 0 Å². The van der Waals surface area contributed by atoms with E-state index in [1.165, 1.54) is 19.3 Å². The third-order valence-electron chi connectivity index (χ3n) is 3.03. The Kier molecular flexibility index (Phi) is 6.86. The summed E-state index contributed by atoms with van der Waals surface area (Å²) in [5, 5.41) is 18.8. The quantitative estimate of drug-likeness (QED) is 0.613. The summed E-state index contributed by atoms with van der Waals surface area (Å²) in [6, 6.07) is 4.92. The first-order chi connectivity index (χ1) is 8.69. The zero-order valence-corrected chi connectivity index (χ0v) is 11.0. The average molecular weight is 252 g/mol. The van der Waals surface area contributed by atoms with Crippen LogP contribution < -0.4 is 5.73 Å². The van der Waals surface area contributed by atoms with Crippen LogP contribution in [-0.2, 0) is 6.42 Å². The number of nitrogens with two attached hydrogens (primary N) is 1. The van der Waals surface area contributed by atoms with Crippen LogP contribution in [0, 0.1) is 0 Å². The first-order valence-electron chi connectivity index (χ1n) is 6.69. The molecule has 0 aromatic carbocycles. The maximum absolute atomic E-state index is 9.88. The Morgan fingerprint density at radius 3 is 2.72 bits per heavy atom. The second kappa shape index (κ2) is 8.19. The van der Waals surface area contributed by atoms with Crippen molar-refractivity contribution in [3.63, 3.8) is 0 Å². The largest absolute Gasteiger partial charge is 0.395 e. The molecule has 2 unspecified atom stereocenters. The molecule has 4 N–H and O–H groups in total. The van der Waals surface area contributed by atoms with Crippen LogP contribution in [0.4, 0.5) is 0 Å². The molecule has 2 atom stereocenters. The lowest BCUT2D eigenvalue weighted by Gasteiger charge is -2.16. The van der Waals surface area contributed by atoms with Gasteiger partial charge in [0.05, 0.1) is 18.3 Å². The predicted octanol–water partition coefficient (Wildman–Crippen LogP) is 1.56. The molecule has 0 aliphatic rings. The molecule has 4 heteroatoms. The summed E-state index contributed by atoms with van der Waals surface area (Å²) in [7, 11) is 0. The minimum absolute atomic E-state index is 0.246. The lowest BCUT2D eigenvalue weighted by molar-refractivity contribution is 0.106. The van der Waals surface area contributed by atoms with Gasteiger partial charge in [0, 0.05) is 5.69 Å². The summed E-state index contributed by atoms with van der Waals surface area (Å²) in [5.74, 6) is 0. The Hall–Kier alpha value is -0.970. The second-order valence-corrected chi connectivity index (χ2v) is 4.66. The van der Waals surface area contributed by atoms with Gasteiger partial charge in [-0.3, -0.25) is 4.98 Å². The summed E-state index contributed by atoms with van der Waals surface area (Å²) in [5.41, 5.74) is 7.12. The monoisotopic (exact) mass is 252 g/mol. The Morgan fingerprint density at radius 2 is 2.06 bits per heavy atom. The maximum Gasteiger partial charge on any atom is 0.113 e. The van der Waals surface area contributed by atoms with E-state index in [9.17, 15) is 5.11 Å². The highest BCUT2D eigenvalue weighted by molar-refractivity contribution is 5.14. The lowest BCUT2D eigenvalue weighted by atomic mass is 10.1. The summed E-state index contributed by atoms with van der Waals surface area (Å²) < 4.78 is 0. The number of aromatic nitrogens is 1. The van der Waals surface area contributed by atoms with E-state index < -0.39 is 12.1 Å². The molecule has 18 heavy (non-hydrogen) atoms. The molecule has 0 saturated heterocycles. The molecule has 0 saturated carbocycles. The van der Waals surface area contributed by atoms with Gasteiger partial charge >= 0.3 is 0 Å². The summed E-state index contributed by atoms with van der Waals surface area (Å²) in [4.78, 5) is 4.40. The van der Waals surface area contributed by atoms with Crippen LogP contribution in [0.2, 0.25) is 0 Å². The van der Waals surface area contributed by atoms with E-state index >= 15 is 0 Å². The molecular weight excluding hydrogens is 228 g/mol. The van der Waals surface area contributed by atoms with Gasteiger partial charge in [-0.2, -0.15) is 0 Å². The molecule has 1 aromatic rings. The SMILES string of the molecule is CCCCCCc1cccc(C(O)C(N)CO)n1.